The molecule has 1 amide bonds. The maximum atomic E-state index is 14.1. The van der Waals surface area contributed by atoms with Crippen LogP contribution in [0.25, 0.3) is 6.08 Å². The van der Waals surface area contributed by atoms with E-state index in [4.69, 9.17) is 0 Å². The van der Waals surface area contributed by atoms with Crippen LogP contribution in [-0.4, -0.2) is 11.7 Å². The maximum Gasteiger partial charge on any atom is 0.282 e. The summed E-state index contributed by atoms with van der Waals surface area (Å²) in [5.74, 6) is -0.159. The Labute approximate surface area is 171 Å². The van der Waals surface area contributed by atoms with Crippen LogP contribution < -0.4 is 4.90 Å². The first kappa shape index (κ1) is 18.3. The SMILES string of the molecule is Cc1ccc(C2=N/C(=C/c3ccccc3F)C(=O)N2c2ccc(Br)cc2)cc1. The molecule has 138 valence electrons. The lowest BCUT2D eigenvalue weighted by Gasteiger charge is -2.18. The summed E-state index contributed by atoms with van der Waals surface area (Å²) in [6, 6.07) is 21.6. The number of benzene rings is 3. The first-order valence-corrected chi connectivity index (χ1v) is 9.54. The van der Waals surface area contributed by atoms with Gasteiger partial charge in [0, 0.05) is 15.6 Å². The molecule has 0 atom stereocenters. The standard InChI is InChI=1S/C23H16BrFN2O/c1-15-6-8-16(9-7-15)22-26-21(14-17-4-2-3-5-20(17)25)23(28)27(22)19-12-10-18(24)11-13-19/h2-14H,1H3/b21-14+. The number of halogens is 2. The van der Waals surface area contributed by atoms with Gasteiger partial charge in [0.15, 0.2) is 0 Å². The number of rotatable bonds is 3. The molecule has 0 aromatic heterocycles. The molecule has 0 aliphatic carbocycles. The summed E-state index contributed by atoms with van der Waals surface area (Å²) in [7, 11) is 0. The normalized spacial score (nSPS) is 15.2. The Morgan fingerprint density at radius 1 is 0.964 bits per heavy atom. The van der Waals surface area contributed by atoms with Gasteiger partial charge in [-0.15, -0.1) is 0 Å². The topological polar surface area (TPSA) is 32.7 Å². The summed E-state index contributed by atoms with van der Waals surface area (Å²) in [5, 5.41) is 0. The molecular weight excluding hydrogens is 419 g/mol. The number of nitrogens with zero attached hydrogens (tertiary/aromatic N) is 2. The van der Waals surface area contributed by atoms with E-state index in [-0.39, 0.29) is 11.6 Å². The molecule has 0 spiro atoms. The molecule has 1 aliphatic heterocycles. The van der Waals surface area contributed by atoms with Crippen molar-refractivity contribution in [2.24, 2.45) is 4.99 Å². The summed E-state index contributed by atoms with van der Waals surface area (Å²) in [6.07, 6.45) is 1.49. The van der Waals surface area contributed by atoms with Crippen LogP contribution >= 0.6 is 15.9 Å². The molecule has 1 aliphatic rings. The van der Waals surface area contributed by atoms with Crippen molar-refractivity contribution in [1.82, 2.24) is 0 Å². The smallest absolute Gasteiger partial charge is 0.266 e. The predicted molar refractivity (Wildman–Crippen MR) is 114 cm³/mol. The molecule has 1 heterocycles. The van der Waals surface area contributed by atoms with Crippen LogP contribution in [0.5, 0.6) is 0 Å². The molecule has 0 saturated carbocycles. The summed E-state index contributed by atoms with van der Waals surface area (Å²) < 4.78 is 15.0. The Morgan fingerprint density at radius 3 is 2.32 bits per heavy atom. The number of carbonyl (C=O) groups is 1. The lowest BCUT2D eigenvalue weighted by Crippen LogP contribution is -2.32. The number of aryl methyl sites for hydroxylation is 1. The van der Waals surface area contributed by atoms with Crippen molar-refractivity contribution in [1.29, 1.82) is 0 Å². The molecule has 4 rings (SSSR count). The molecule has 0 unspecified atom stereocenters. The Hall–Kier alpha value is -3.05. The van der Waals surface area contributed by atoms with Crippen molar-refractivity contribution in [2.45, 2.75) is 6.92 Å². The highest BCUT2D eigenvalue weighted by molar-refractivity contribution is 9.10. The Morgan fingerprint density at radius 2 is 1.64 bits per heavy atom. The first-order chi connectivity index (χ1) is 13.5. The van der Waals surface area contributed by atoms with E-state index in [0.717, 1.165) is 15.6 Å². The molecule has 3 aromatic rings. The van der Waals surface area contributed by atoms with Gasteiger partial charge in [0.25, 0.3) is 5.91 Å². The number of amides is 1. The van der Waals surface area contributed by atoms with E-state index in [9.17, 15) is 9.18 Å². The maximum absolute atomic E-state index is 14.1. The third-order valence-electron chi connectivity index (χ3n) is 4.45. The Balaban J connectivity index is 1.84. The molecule has 0 saturated heterocycles. The largest absolute Gasteiger partial charge is 0.282 e. The third-order valence-corrected chi connectivity index (χ3v) is 4.98. The van der Waals surface area contributed by atoms with Crippen molar-refractivity contribution < 1.29 is 9.18 Å². The van der Waals surface area contributed by atoms with Gasteiger partial charge in [0.2, 0.25) is 0 Å². The number of amidine groups is 1. The van der Waals surface area contributed by atoms with E-state index in [0.29, 0.717) is 17.1 Å². The van der Waals surface area contributed by atoms with Gasteiger partial charge >= 0.3 is 0 Å². The van der Waals surface area contributed by atoms with E-state index in [1.54, 1.807) is 23.1 Å². The molecule has 5 heteroatoms. The van der Waals surface area contributed by atoms with Gasteiger partial charge < -0.3 is 0 Å². The quantitative estimate of drug-likeness (QED) is 0.484. The highest BCUT2D eigenvalue weighted by Gasteiger charge is 2.32. The van der Waals surface area contributed by atoms with Gasteiger partial charge in [0.1, 0.15) is 17.3 Å². The summed E-state index contributed by atoms with van der Waals surface area (Å²) in [5.41, 5.74) is 3.16. The van der Waals surface area contributed by atoms with Crippen molar-refractivity contribution in [3.63, 3.8) is 0 Å². The number of aliphatic imine (C=N–C) groups is 1. The van der Waals surface area contributed by atoms with Crippen LogP contribution in [0.2, 0.25) is 0 Å². The molecular formula is C23H16BrFN2O. The second kappa shape index (κ2) is 7.52. The zero-order chi connectivity index (χ0) is 19.7. The summed E-state index contributed by atoms with van der Waals surface area (Å²) in [4.78, 5) is 19.3. The Bertz CT molecular complexity index is 1100. The monoisotopic (exact) mass is 434 g/mol. The average Bonchev–Trinajstić information content (AvgIpc) is 3.01. The highest BCUT2D eigenvalue weighted by atomic mass is 79.9. The fourth-order valence-corrected chi connectivity index (χ4v) is 3.25. The van der Waals surface area contributed by atoms with Crippen molar-refractivity contribution in [3.05, 3.63) is 105 Å². The molecule has 3 aromatic carbocycles. The second-order valence-electron chi connectivity index (χ2n) is 6.47. The minimum absolute atomic E-state index is 0.198. The predicted octanol–water partition coefficient (Wildman–Crippen LogP) is 5.73. The minimum Gasteiger partial charge on any atom is -0.266 e. The second-order valence-corrected chi connectivity index (χ2v) is 7.39. The fourth-order valence-electron chi connectivity index (χ4n) is 2.98. The van der Waals surface area contributed by atoms with Crippen LogP contribution in [0.4, 0.5) is 10.1 Å². The molecule has 0 bridgehead atoms. The molecule has 28 heavy (non-hydrogen) atoms. The molecule has 0 fully saturated rings. The zero-order valence-electron chi connectivity index (χ0n) is 15.1. The van der Waals surface area contributed by atoms with Gasteiger partial charge in [-0.3, -0.25) is 9.69 Å². The fraction of sp³-hybridized carbons (Fsp3) is 0.0435. The van der Waals surface area contributed by atoms with Crippen LogP contribution in [0, 0.1) is 12.7 Å². The minimum atomic E-state index is -0.392. The van der Waals surface area contributed by atoms with Crippen molar-refractivity contribution in [2.75, 3.05) is 4.90 Å². The van der Waals surface area contributed by atoms with Crippen LogP contribution in [0.15, 0.2) is 88.0 Å². The van der Waals surface area contributed by atoms with E-state index < -0.39 is 5.82 Å². The van der Waals surface area contributed by atoms with Gasteiger partial charge in [-0.25, -0.2) is 9.38 Å². The Kier molecular flexibility index (Phi) is 4.92. The van der Waals surface area contributed by atoms with Crippen LogP contribution in [0.3, 0.4) is 0 Å². The third kappa shape index (κ3) is 3.53. The molecule has 0 N–H and O–H groups in total. The average molecular weight is 435 g/mol. The number of carbonyl (C=O) groups excluding carboxylic acids is 1. The van der Waals surface area contributed by atoms with Gasteiger partial charge in [-0.1, -0.05) is 64.0 Å². The van der Waals surface area contributed by atoms with E-state index in [2.05, 4.69) is 20.9 Å². The van der Waals surface area contributed by atoms with Gasteiger partial charge in [-0.05, 0) is 43.3 Å². The van der Waals surface area contributed by atoms with E-state index in [1.807, 2.05) is 55.5 Å². The highest BCUT2D eigenvalue weighted by Crippen LogP contribution is 2.29. The number of hydrogen-bond donors (Lipinski definition) is 0. The lowest BCUT2D eigenvalue weighted by molar-refractivity contribution is -0.113. The zero-order valence-corrected chi connectivity index (χ0v) is 16.7. The summed E-state index contributed by atoms with van der Waals surface area (Å²) >= 11 is 3.41. The lowest BCUT2D eigenvalue weighted by atomic mass is 10.1. The molecule has 3 nitrogen and oxygen atoms in total. The number of anilines is 1. The molecule has 0 radical (unpaired) electrons. The van der Waals surface area contributed by atoms with Crippen LogP contribution in [0.1, 0.15) is 16.7 Å². The van der Waals surface area contributed by atoms with Gasteiger partial charge in [0.05, 0.1) is 5.69 Å². The van der Waals surface area contributed by atoms with Gasteiger partial charge in [-0.2, -0.15) is 0 Å². The number of hydrogen-bond acceptors (Lipinski definition) is 2. The van der Waals surface area contributed by atoms with Crippen LogP contribution in [-0.2, 0) is 4.79 Å². The summed E-state index contributed by atoms with van der Waals surface area (Å²) in [6.45, 7) is 2.00. The van der Waals surface area contributed by atoms with E-state index in [1.165, 1.54) is 12.1 Å². The van der Waals surface area contributed by atoms with Crippen molar-refractivity contribution >= 4 is 39.4 Å². The van der Waals surface area contributed by atoms with E-state index >= 15 is 0 Å². The first-order valence-electron chi connectivity index (χ1n) is 8.75. The van der Waals surface area contributed by atoms with Crippen molar-refractivity contribution in [3.8, 4) is 0 Å².